The Kier molecular flexibility index (Phi) is 6.49. The van der Waals surface area contributed by atoms with E-state index in [9.17, 15) is 22.8 Å². The van der Waals surface area contributed by atoms with Crippen LogP contribution in [0.2, 0.25) is 0 Å². The highest BCUT2D eigenvalue weighted by Gasteiger charge is 2.50. The number of anilines is 1. The van der Waals surface area contributed by atoms with Crippen LogP contribution in [0.25, 0.3) is 0 Å². The van der Waals surface area contributed by atoms with Gasteiger partial charge in [0, 0.05) is 45.1 Å². The Bertz CT molecular complexity index is 1160. The Hall–Kier alpha value is -3.55. The molecule has 3 heterocycles. The molecule has 4 rings (SSSR count). The first-order valence-corrected chi connectivity index (χ1v) is 11.5. The van der Waals surface area contributed by atoms with Crippen molar-refractivity contribution in [1.29, 1.82) is 5.26 Å². The second-order valence-corrected chi connectivity index (χ2v) is 9.13. The summed E-state index contributed by atoms with van der Waals surface area (Å²) in [4.78, 5) is 29.5. The van der Waals surface area contributed by atoms with E-state index in [1.54, 1.807) is 27.9 Å². The molecule has 2 amide bonds. The lowest BCUT2D eigenvalue weighted by Crippen LogP contribution is -2.45. The van der Waals surface area contributed by atoms with Gasteiger partial charge in [0.05, 0.1) is 17.2 Å². The number of nitrogens with zero attached hydrogens (tertiary/aromatic N) is 5. The van der Waals surface area contributed by atoms with E-state index in [0.717, 1.165) is 6.07 Å². The highest BCUT2D eigenvalue weighted by atomic mass is 19.4. The van der Waals surface area contributed by atoms with E-state index in [1.807, 2.05) is 11.8 Å². The maximum absolute atomic E-state index is 13.4. The van der Waals surface area contributed by atoms with Crippen LogP contribution in [0, 0.1) is 16.7 Å². The van der Waals surface area contributed by atoms with Gasteiger partial charge in [-0.15, -0.1) is 0 Å². The number of rotatable bonds is 4. The van der Waals surface area contributed by atoms with Gasteiger partial charge in [0.25, 0.3) is 5.91 Å². The van der Waals surface area contributed by atoms with Gasteiger partial charge in [-0.3, -0.25) is 14.3 Å². The molecule has 2 saturated heterocycles. The number of hydrogen-bond donors (Lipinski definition) is 1. The molecule has 8 nitrogen and oxygen atoms in total. The van der Waals surface area contributed by atoms with Gasteiger partial charge in [-0.2, -0.15) is 23.5 Å². The Balaban J connectivity index is 1.54. The minimum absolute atomic E-state index is 0.234. The average Bonchev–Trinajstić information content (AvgIpc) is 3.48. The molecule has 1 spiro atoms. The zero-order chi connectivity index (χ0) is 25.4. The standard InChI is InChI=1S/C24H27F3N6O2/c1-3-33-19(6-9-30-33)22(35)32-15-23(13-20(32)21(34)29-2)7-10-31(11-8-23)17-5-4-16(14-28)18(12-17)24(25,26)27/h4-6,9,12,20H,3,7-8,10-11,13,15H2,1-2H3,(H,29,34). The van der Waals surface area contributed by atoms with Crippen LogP contribution in [0.3, 0.4) is 0 Å². The van der Waals surface area contributed by atoms with Crippen molar-refractivity contribution in [2.45, 2.75) is 44.9 Å². The van der Waals surface area contributed by atoms with E-state index in [-0.39, 0.29) is 17.2 Å². The van der Waals surface area contributed by atoms with Crippen molar-refractivity contribution in [3.8, 4) is 6.07 Å². The van der Waals surface area contributed by atoms with Crippen LogP contribution >= 0.6 is 0 Å². The number of halogens is 3. The molecular weight excluding hydrogens is 461 g/mol. The minimum atomic E-state index is -4.61. The molecule has 35 heavy (non-hydrogen) atoms. The van der Waals surface area contributed by atoms with Crippen molar-refractivity contribution in [2.24, 2.45) is 5.41 Å². The van der Waals surface area contributed by atoms with Gasteiger partial charge in [0.2, 0.25) is 5.91 Å². The van der Waals surface area contributed by atoms with Crippen molar-refractivity contribution in [2.75, 3.05) is 31.6 Å². The van der Waals surface area contributed by atoms with Crippen LogP contribution in [-0.4, -0.2) is 59.2 Å². The van der Waals surface area contributed by atoms with Gasteiger partial charge in [0.15, 0.2) is 0 Å². The molecule has 1 aromatic heterocycles. The van der Waals surface area contributed by atoms with Crippen molar-refractivity contribution in [3.63, 3.8) is 0 Å². The fourth-order valence-corrected chi connectivity index (χ4v) is 5.25. The van der Waals surface area contributed by atoms with Gasteiger partial charge in [-0.1, -0.05) is 0 Å². The molecule has 0 radical (unpaired) electrons. The van der Waals surface area contributed by atoms with E-state index >= 15 is 0 Å². The lowest BCUT2D eigenvalue weighted by Gasteiger charge is -2.40. The molecule has 2 aliphatic rings. The zero-order valence-corrected chi connectivity index (χ0v) is 19.6. The Labute approximate surface area is 201 Å². The summed E-state index contributed by atoms with van der Waals surface area (Å²) in [7, 11) is 1.54. The monoisotopic (exact) mass is 488 g/mol. The third-order valence-corrected chi connectivity index (χ3v) is 7.17. The van der Waals surface area contributed by atoms with E-state index in [0.29, 0.717) is 56.8 Å². The van der Waals surface area contributed by atoms with E-state index in [1.165, 1.54) is 19.2 Å². The Morgan fingerprint density at radius 1 is 1.26 bits per heavy atom. The first-order valence-electron chi connectivity index (χ1n) is 11.5. The molecule has 2 aliphatic heterocycles. The minimum Gasteiger partial charge on any atom is -0.371 e. The van der Waals surface area contributed by atoms with Crippen LogP contribution in [-0.2, 0) is 17.5 Å². The topological polar surface area (TPSA) is 94.3 Å². The number of piperidine rings is 1. The molecule has 1 N–H and O–H groups in total. The molecule has 1 atom stereocenters. The van der Waals surface area contributed by atoms with Crippen LogP contribution in [0.15, 0.2) is 30.5 Å². The first-order chi connectivity index (χ1) is 16.6. The van der Waals surface area contributed by atoms with E-state index < -0.39 is 23.3 Å². The number of likely N-dealkylation sites (tertiary alicyclic amines) is 1. The largest absolute Gasteiger partial charge is 0.417 e. The molecule has 11 heteroatoms. The van der Waals surface area contributed by atoms with Crippen molar-refractivity contribution in [3.05, 3.63) is 47.3 Å². The number of aryl methyl sites for hydroxylation is 1. The smallest absolute Gasteiger partial charge is 0.371 e. The fraction of sp³-hybridized carbons (Fsp3) is 0.500. The maximum Gasteiger partial charge on any atom is 0.417 e. The number of hydrogen-bond acceptors (Lipinski definition) is 5. The number of likely N-dealkylation sites (N-methyl/N-ethyl adjacent to an activating group) is 1. The number of nitrogens with one attached hydrogen (secondary N) is 1. The molecule has 186 valence electrons. The molecule has 1 aromatic carbocycles. The number of alkyl halides is 3. The van der Waals surface area contributed by atoms with Gasteiger partial charge in [-0.05, 0) is 55.9 Å². The number of carbonyl (C=O) groups excluding carboxylic acids is 2. The molecule has 0 bridgehead atoms. The second-order valence-electron chi connectivity index (χ2n) is 9.13. The van der Waals surface area contributed by atoms with Crippen LogP contribution in [0.4, 0.5) is 18.9 Å². The summed E-state index contributed by atoms with van der Waals surface area (Å²) in [6.45, 7) is 3.77. The second kappa shape index (κ2) is 9.24. The fourth-order valence-electron chi connectivity index (χ4n) is 5.25. The highest BCUT2D eigenvalue weighted by Crippen LogP contribution is 2.45. The first kappa shape index (κ1) is 24.6. The van der Waals surface area contributed by atoms with Crippen molar-refractivity contribution in [1.82, 2.24) is 20.0 Å². The lowest BCUT2D eigenvalue weighted by atomic mass is 9.76. The molecule has 0 saturated carbocycles. The van der Waals surface area contributed by atoms with Gasteiger partial charge < -0.3 is 15.1 Å². The summed E-state index contributed by atoms with van der Waals surface area (Å²) in [5.41, 5.74) is -0.818. The predicted molar refractivity (Wildman–Crippen MR) is 121 cm³/mol. The Morgan fingerprint density at radius 3 is 2.57 bits per heavy atom. The summed E-state index contributed by atoms with van der Waals surface area (Å²) in [6.07, 6.45) is -1.32. The van der Waals surface area contributed by atoms with Crippen molar-refractivity contribution < 1.29 is 22.8 Å². The van der Waals surface area contributed by atoms with Crippen LogP contribution in [0.1, 0.15) is 47.8 Å². The van der Waals surface area contributed by atoms with E-state index in [2.05, 4.69) is 10.4 Å². The number of nitriles is 1. The molecule has 1 unspecified atom stereocenters. The zero-order valence-electron chi connectivity index (χ0n) is 19.6. The number of carbonyl (C=O) groups is 2. The summed E-state index contributed by atoms with van der Waals surface area (Å²) < 4.78 is 41.8. The van der Waals surface area contributed by atoms with Gasteiger partial charge in [-0.25, -0.2) is 0 Å². The predicted octanol–water partition coefficient (Wildman–Crippen LogP) is 3.04. The third-order valence-electron chi connectivity index (χ3n) is 7.17. The Morgan fingerprint density at radius 2 is 1.97 bits per heavy atom. The molecule has 2 fully saturated rings. The molecular formula is C24H27F3N6O2. The molecule has 2 aromatic rings. The third kappa shape index (κ3) is 4.57. The number of amides is 2. The summed E-state index contributed by atoms with van der Waals surface area (Å²) in [6, 6.07) is 6.40. The molecule has 0 aliphatic carbocycles. The summed E-state index contributed by atoms with van der Waals surface area (Å²) in [5, 5.41) is 15.9. The van der Waals surface area contributed by atoms with E-state index in [4.69, 9.17) is 5.26 Å². The highest BCUT2D eigenvalue weighted by molar-refractivity contribution is 5.96. The summed E-state index contributed by atoms with van der Waals surface area (Å²) in [5.74, 6) is -0.485. The van der Waals surface area contributed by atoms with Crippen LogP contribution in [0.5, 0.6) is 0 Å². The van der Waals surface area contributed by atoms with Crippen molar-refractivity contribution >= 4 is 17.5 Å². The lowest BCUT2D eigenvalue weighted by molar-refractivity contribution is -0.137. The van der Waals surface area contributed by atoms with Gasteiger partial charge in [0.1, 0.15) is 11.7 Å². The SMILES string of the molecule is CCn1nccc1C(=O)N1CC2(CCN(c3ccc(C#N)c(C(F)(F)F)c3)CC2)CC1C(=O)NC. The number of aromatic nitrogens is 2. The van der Waals surface area contributed by atoms with Gasteiger partial charge >= 0.3 is 6.18 Å². The average molecular weight is 489 g/mol. The summed E-state index contributed by atoms with van der Waals surface area (Å²) >= 11 is 0. The number of benzene rings is 1. The maximum atomic E-state index is 13.4. The van der Waals surface area contributed by atoms with Crippen LogP contribution < -0.4 is 10.2 Å². The normalized spacial score (nSPS) is 19.6. The quantitative estimate of drug-likeness (QED) is 0.714.